The van der Waals surface area contributed by atoms with E-state index in [9.17, 15) is 4.79 Å². The second-order valence-corrected chi connectivity index (χ2v) is 7.19. The van der Waals surface area contributed by atoms with E-state index >= 15 is 0 Å². The number of benzene rings is 2. The smallest absolute Gasteiger partial charge is 0.231 e. The number of carbonyl (C=O) groups is 1. The molecule has 0 aliphatic rings. The molecule has 0 spiro atoms. The molecule has 0 aliphatic carbocycles. The molecule has 3 aromatic rings. The van der Waals surface area contributed by atoms with Crippen LogP contribution in [0.3, 0.4) is 0 Å². The first-order chi connectivity index (χ1) is 13.6. The maximum Gasteiger partial charge on any atom is 0.231 e. The number of aryl methyl sites for hydroxylation is 1. The molecule has 1 aromatic heterocycles. The van der Waals surface area contributed by atoms with Crippen molar-refractivity contribution in [2.75, 3.05) is 20.0 Å². The van der Waals surface area contributed by atoms with Gasteiger partial charge in [-0.3, -0.25) is 4.79 Å². The summed E-state index contributed by atoms with van der Waals surface area (Å²) in [6, 6.07) is 15.0. The fourth-order valence-corrected chi connectivity index (χ4v) is 3.55. The van der Waals surface area contributed by atoms with Crippen LogP contribution in [0.4, 0.5) is 0 Å². The third kappa shape index (κ3) is 4.86. The molecule has 0 radical (unpaired) electrons. The van der Waals surface area contributed by atoms with Crippen LogP contribution in [0.2, 0.25) is 0 Å². The number of hydrogen-bond donors (Lipinski definition) is 1. The fraction of sp³-hybridized carbons (Fsp3) is 0.238. The Kier molecular flexibility index (Phi) is 6.60. The van der Waals surface area contributed by atoms with Crippen LogP contribution < -0.4 is 14.8 Å². The van der Waals surface area contributed by atoms with E-state index in [0.717, 1.165) is 16.3 Å². The summed E-state index contributed by atoms with van der Waals surface area (Å²) in [5.41, 5.74) is 0.837. The second kappa shape index (κ2) is 9.32. The van der Waals surface area contributed by atoms with Gasteiger partial charge in [-0.2, -0.15) is 0 Å². The molecule has 1 atom stereocenters. The molecule has 0 aliphatic heterocycles. The van der Waals surface area contributed by atoms with Gasteiger partial charge in [0.25, 0.3) is 0 Å². The Morgan fingerprint density at radius 2 is 1.82 bits per heavy atom. The highest BCUT2D eigenvalue weighted by molar-refractivity contribution is 8.00. The van der Waals surface area contributed by atoms with Crippen molar-refractivity contribution in [3.8, 4) is 11.5 Å². The molecular formula is C21H23N3O3S. The lowest BCUT2D eigenvalue weighted by atomic mass is 10.0. The summed E-state index contributed by atoms with van der Waals surface area (Å²) >= 11 is 1.49. The van der Waals surface area contributed by atoms with Gasteiger partial charge in [0.15, 0.2) is 0 Å². The van der Waals surface area contributed by atoms with Crippen LogP contribution in [-0.2, 0) is 11.8 Å². The average molecular weight is 398 g/mol. The zero-order chi connectivity index (χ0) is 19.9. The van der Waals surface area contributed by atoms with E-state index < -0.39 is 6.04 Å². The molecule has 3 rings (SSSR count). The van der Waals surface area contributed by atoms with Crippen molar-refractivity contribution < 1.29 is 14.3 Å². The number of methoxy groups -OCH3 is 2. The van der Waals surface area contributed by atoms with Gasteiger partial charge in [-0.1, -0.05) is 18.2 Å². The third-order valence-electron chi connectivity index (χ3n) is 4.24. The van der Waals surface area contributed by atoms with Crippen molar-refractivity contribution in [1.82, 2.24) is 14.9 Å². The van der Waals surface area contributed by atoms with E-state index in [1.165, 1.54) is 11.8 Å². The summed E-state index contributed by atoms with van der Waals surface area (Å²) in [6.07, 6.45) is 3.56. The normalized spacial score (nSPS) is 11.7. The SMILES string of the molecule is COc1cc(OC)cc(C(NC(=O)CSc2ccccc2)c2nccn2C)c1. The molecule has 0 saturated heterocycles. The minimum Gasteiger partial charge on any atom is -0.497 e. The molecule has 1 unspecified atom stereocenters. The zero-order valence-electron chi connectivity index (χ0n) is 16.1. The van der Waals surface area contributed by atoms with Gasteiger partial charge >= 0.3 is 0 Å². The molecular weight excluding hydrogens is 374 g/mol. The lowest BCUT2D eigenvalue weighted by Crippen LogP contribution is -2.32. The number of carbonyl (C=O) groups excluding carboxylic acids is 1. The van der Waals surface area contributed by atoms with E-state index in [4.69, 9.17) is 9.47 Å². The Balaban J connectivity index is 1.84. The van der Waals surface area contributed by atoms with Gasteiger partial charge in [0, 0.05) is 30.4 Å². The molecule has 2 aromatic carbocycles. The van der Waals surface area contributed by atoms with Crippen molar-refractivity contribution in [3.05, 3.63) is 72.3 Å². The number of rotatable bonds is 8. The Morgan fingerprint density at radius 3 is 2.39 bits per heavy atom. The van der Waals surface area contributed by atoms with Crippen LogP contribution in [0, 0.1) is 0 Å². The second-order valence-electron chi connectivity index (χ2n) is 6.14. The number of nitrogens with zero attached hydrogens (tertiary/aromatic N) is 2. The lowest BCUT2D eigenvalue weighted by molar-refractivity contribution is -0.119. The molecule has 6 nitrogen and oxygen atoms in total. The largest absolute Gasteiger partial charge is 0.497 e. The highest BCUT2D eigenvalue weighted by atomic mass is 32.2. The number of nitrogens with one attached hydrogen (secondary N) is 1. The summed E-state index contributed by atoms with van der Waals surface area (Å²) in [5, 5.41) is 3.10. The fourth-order valence-electron chi connectivity index (χ4n) is 2.82. The van der Waals surface area contributed by atoms with Crippen LogP contribution in [0.15, 0.2) is 65.8 Å². The molecule has 1 N–H and O–H groups in total. The Bertz CT molecular complexity index is 905. The highest BCUT2D eigenvalue weighted by Crippen LogP contribution is 2.29. The van der Waals surface area contributed by atoms with Gasteiger partial charge in [0.1, 0.15) is 23.4 Å². The molecule has 28 heavy (non-hydrogen) atoms. The number of ether oxygens (including phenoxy) is 2. The van der Waals surface area contributed by atoms with Crippen LogP contribution >= 0.6 is 11.8 Å². The van der Waals surface area contributed by atoms with Gasteiger partial charge in [-0.25, -0.2) is 4.98 Å². The Morgan fingerprint density at radius 1 is 1.14 bits per heavy atom. The van der Waals surface area contributed by atoms with Gasteiger partial charge in [-0.15, -0.1) is 11.8 Å². The predicted molar refractivity (Wildman–Crippen MR) is 110 cm³/mol. The molecule has 146 valence electrons. The van der Waals surface area contributed by atoms with Crippen LogP contribution in [-0.4, -0.2) is 35.4 Å². The maximum absolute atomic E-state index is 12.7. The van der Waals surface area contributed by atoms with E-state index in [0.29, 0.717) is 17.3 Å². The minimum absolute atomic E-state index is 0.0800. The van der Waals surface area contributed by atoms with Crippen molar-refractivity contribution >= 4 is 17.7 Å². The summed E-state index contributed by atoms with van der Waals surface area (Å²) in [5.74, 6) is 2.27. The minimum atomic E-state index is -0.423. The van der Waals surface area contributed by atoms with E-state index in [-0.39, 0.29) is 5.91 Å². The van der Waals surface area contributed by atoms with Gasteiger partial charge in [-0.05, 0) is 29.8 Å². The van der Waals surface area contributed by atoms with E-state index in [1.807, 2.05) is 60.3 Å². The van der Waals surface area contributed by atoms with Gasteiger partial charge < -0.3 is 19.4 Å². The van der Waals surface area contributed by atoms with E-state index in [1.54, 1.807) is 26.5 Å². The third-order valence-corrected chi connectivity index (χ3v) is 5.25. The standard InChI is InChI=1S/C21H23N3O3S/c1-24-10-9-22-21(24)20(15-11-16(26-2)13-17(12-15)27-3)23-19(25)14-28-18-7-5-4-6-8-18/h4-13,20H,14H2,1-3H3,(H,23,25). The van der Waals surface area contributed by atoms with Crippen LogP contribution in [0.5, 0.6) is 11.5 Å². The maximum atomic E-state index is 12.7. The van der Waals surface area contributed by atoms with Crippen LogP contribution in [0.25, 0.3) is 0 Å². The molecule has 1 amide bonds. The van der Waals surface area contributed by atoms with E-state index in [2.05, 4.69) is 10.3 Å². The topological polar surface area (TPSA) is 65.4 Å². The molecule has 7 heteroatoms. The Hall–Kier alpha value is -2.93. The molecule has 1 heterocycles. The average Bonchev–Trinajstić information content (AvgIpc) is 3.16. The Labute approximate surface area is 168 Å². The first kappa shape index (κ1) is 19.8. The first-order valence-corrected chi connectivity index (χ1v) is 9.76. The number of aromatic nitrogens is 2. The highest BCUT2D eigenvalue weighted by Gasteiger charge is 2.22. The van der Waals surface area contributed by atoms with Gasteiger partial charge in [0.2, 0.25) is 5.91 Å². The number of thioether (sulfide) groups is 1. The quantitative estimate of drug-likeness (QED) is 0.590. The van der Waals surface area contributed by atoms with Gasteiger partial charge in [0.05, 0.1) is 20.0 Å². The number of imidazole rings is 1. The monoisotopic (exact) mass is 397 g/mol. The summed E-state index contributed by atoms with van der Waals surface area (Å²) in [4.78, 5) is 18.2. The van der Waals surface area contributed by atoms with Crippen molar-refractivity contribution in [1.29, 1.82) is 0 Å². The molecule has 0 fully saturated rings. The molecule has 0 bridgehead atoms. The van der Waals surface area contributed by atoms with Crippen molar-refractivity contribution in [2.45, 2.75) is 10.9 Å². The number of amides is 1. The molecule has 0 saturated carbocycles. The predicted octanol–water partition coefficient (Wildman–Crippen LogP) is 3.44. The first-order valence-electron chi connectivity index (χ1n) is 8.78. The lowest BCUT2D eigenvalue weighted by Gasteiger charge is -2.20. The van der Waals surface area contributed by atoms with Crippen LogP contribution in [0.1, 0.15) is 17.4 Å². The van der Waals surface area contributed by atoms with Crippen molar-refractivity contribution in [3.63, 3.8) is 0 Å². The summed E-state index contributed by atoms with van der Waals surface area (Å²) < 4.78 is 12.7. The zero-order valence-corrected chi connectivity index (χ0v) is 16.9. The summed E-state index contributed by atoms with van der Waals surface area (Å²) in [7, 11) is 5.10. The number of hydrogen-bond acceptors (Lipinski definition) is 5. The summed E-state index contributed by atoms with van der Waals surface area (Å²) in [6.45, 7) is 0. The van der Waals surface area contributed by atoms with Crippen molar-refractivity contribution in [2.24, 2.45) is 7.05 Å².